The Morgan fingerprint density at radius 2 is 1.61 bits per heavy atom. The molecule has 0 aliphatic carbocycles. The van der Waals surface area contributed by atoms with Crippen molar-refractivity contribution in [3.8, 4) is 0 Å². The highest BCUT2D eigenvalue weighted by Crippen LogP contribution is 1.98. The number of hydrogen-bond donors (Lipinski definition) is 3. The maximum Gasteiger partial charge on any atom is 0.335 e. The number of aliphatic hydroxyl groups excluding tert-OH is 1. The number of carbonyl (C=O) groups excluding carboxylic acids is 1. The number of hydrogen-bond acceptors (Lipinski definition) is 5. The lowest BCUT2D eigenvalue weighted by atomic mass is 10.3. The van der Waals surface area contributed by atoms with Crippen LogP contribution in [0.25, 0.3) is 0 Å². The molecule has 0 saturated heterocycles. The summed E-state index contributed by atoms with van der Waals surface area (Å²) in [5.41, 5.74) is 0.299. The van der Waals surface area contributed by atoms with E-state index in [4.69, 9.17) is 15.3 Å². The minimum atomic E-state index is -1.26. The Morgan fingerprint density at radius 3 is 1.83 bits per heavy atom. The molecule has 0 radical (unpaired) electrons. The van der Waals surface area contributed by atoms with Crippen molar-refractivity contribution in [2.75, 3.05) is 0 Å². The first-order valence-electron chi connectivity index (χ1n) is 4.89. The minimum absolute atomic E-state index is 0.299. The number of rotatable bonds is 5. The Labute approximate surface area is 104 Å². The van der Waals surface area contributed by atoms with Crippen LogP contribution < -0.4 is 0 Å². The number of aliphatic carboxylic acids is 2. The first kappa shape index (κ1) is 18.2. The lowest BCUT2D eigenvalue weighted by molar-refractivity contribution is -0.163. The molecule has 0 aliphatic heterocycles. The smallest absolute Gasteiger partial charge is 0.335 e. The van der Waals surface area contributed by atoms with Gasteiger partial charge in [-0.2, -0.15) is 0 Å². The highest BCUT2D eigenvalue weighted by atomic mass is 16.6. The molecule has 0 aromatic carbocycles. The predicted molar refractivity (Wildman–Crippen MR) is 61.6 cm³/mol. The second kappa shape index (κ2) is 10.0. The summed E-state index contributed by atoms with van der Waals surface area (Å²) in [6.07, 6.45) is 0.521. The van der Waals surface area contributed by atoms with Crippen LogP contribution in [0.1, 0.15) is 20.3 Å². The SMILES string of the molecule is C=C(C)C(=O)OC(O)CC.O=C(O)C=CC(=O)O. The van der Waals surface area contributed by atoms with E-state index >= 15 is 0 Å². The summed E-state index contributed by atoms with van der Waals surface area (Å²) in [6.45, 7) is 6.61. The molecule has 1 unspecified atom stereocenters. The van der Waals surface area contributed by atoms with E-state index in [1.54, 1.807) is 6.92 Å². The highest BCUT2D eigenvalue weighted by molar-refractivity contribution is 5.89. The summed E-state index contributed by atoms with van der Waals surface area (Å²) < 4.78 is 4.48. The third-order valence-corrected chi connectivity index (χ3v) is 1.31. The van der Waals surface area contributed by atoms with E-state index in [0.717, 1.165) is 0 Å². The van der Waals surface area contributed by atoms with Gasteiger partial charge in [-0.25, -0.2) is 14.4 Å². The van der Waals surface area contributed by atoms with Gasteiger partial charge in [0.15, 0.2) is 0 Å². The number of ether oxygens (including phenoxy) is 1. The van der Waals surface area contributed by atoms with E-state index < -0.39 is 24.2 Å². The largest absolute Gasteiger partial charge is 0.478 e. The summed E-state index contributed by atoms with van der Waals surface area (Å²) in [7, 11) is 0. The summed E-state index contributed by atoms with van der Waals surface area (Å²) >= 11 is 0. The molecule has 0 spiro atoms. The Hall–Kier alpha value is -2.15. The van der Waals surface area contributed by atoms with Gasteiger partial charge in [0.25, 0.3) is 0 Å². The van der Waals surface area contributed by atoms with Gasteiger partial charge >= 0.3 is 17.9 Å². The Kier molecular flexibility index (Phi) is 10.2. The van der Waals surface area contributed by atoms with E-state index in [1.165, 1.54) is 6.92 Å². The Balaban J connectivity index is 0. The van der Waals surface area contributed by atoms with Crippen LogP contribution in [0.5, 0.6) is 0 Å². The van der Waals surface area contributed by atoms with Crippen LogP contribution in [-0.4, -0.2) is 39.5 Å². The zero-order valence-electron chi connectivity index (χ0n) is 10.1. The van der Waals surface area contributed by atoms with Crippen molar-refractivity contribution in [1.82, 2.24) is 0 Å². The molecule has 1 atom stereocenters. The fourth-order valence-corrected chi connectivity index (χ4v) is 0.450. The Morgan fingerprint density at radius 1 is 1.22 bits per heavy atom. The summed E-state index contributed by atoms with van der Waals surface area (Å²) in [4.78, 5) is 29.7. The number of carboxylic acid groups (broad SMARTS) is 2. The average Bonchev–Trinajstić information content (AvgIpc) is 2.26. The quantitative estimate of drug-likeness (QED) is 0.375. The van der Waals surface area contributed by atoms with Gasteiger partial charge in [-0.15, -0.1) is 0 Å². The van der Waals surface area contributed by atoms with Gasteiger partial charge in [0.1, 0.15) is 0 Å². The van der Waals surface area contributed by atoms with Gasteiger partial charge < -0.3 is 20.1 Å². The van der Waals surface area contributed by atoms with E-state index in [9.17, 15) is 14.4 Å². The van der Waals surface area contributed by atoms with Gasteiger partial charge in [-0.3, -0.25) is 0 Å². The van der Waals surface area contributed by atoms with E-state index in [1.807, 2.05) is 0 Å². The molecule has 0 heterocycles. The molecule has 0 aromatic rings. The van der Waals surface area contributed by atoms with Crippen molar-refractivity contribution in [2.24, 2.45) is 0 Å². The maximum absolute atomic E-state index is 10.6. The first-order valence-corrected chi connectivity index (χ1v) is 4.89. The van der Waals surface area contributed by atoms with Crippen molar-refractivity contribution in [3.63, 3.8) is 0 Å². The molecule has 102 valence electrons. The van der Waals surface area contributed by atoms with Crippen molar-refractivity contribution >= 4 is 17.9 Å². The van der Waals surface area contributed by atoms with Crippen LogP contribution in [0.2, 0.25) is 0 Å². The van der Waals surface area contributed by atoms with Gasteiger partial charge in [0.2, 0.25) is 6.29 Å². The van der Waals surface area contributed by atoms with E-state index in [2.05, 4.69) is 11.3 Å². The van der Waals surface area contributed by atoms with Crippen molar-refractivity contribution in [3.05, 3.63) is 24.3 Å². The maximum atomic E-state index is 10.6. The molecular formula is C11H16O7. The number of aliphatic hydroxyl groups is 1. The van der Waals surface area contributed by atoms with Crippen LogP contribution in [0.3, 0.4) is 0 Å². The van der Waals surface area contributed by atoms with Crippen LogP contribution in [0.4, 0.5) is 0 Å². The molecule has 0 bridgehead atoms. The van der Waals surface area contributed by atoms with Crippen molar-refractivity contribution < 1.29 is 34.4 Å². The Bertz CT molecular complexity index is 327. The second-order valence-corrected chi connectivity index (χ2v) is 3.06. The second-order valence-electron chi connectivity index (χ2n) is 3.06. The zero-order chi connectivity index (χ0) is 14.7. The molecule has 0 amide bonds. The van der Waals surface area contributed by atoms with Crippen molar-refractivity contribution in [1.29, 1.82) is 0 Å². The predicted octanol–water partition coefficient (Wildman–Crippen LogP) is 0.546. The average molecular weight is 260 g/mol. The van der Waals surface area contributed by atoms with Gasteiger partial charge in [-0.05, 0) is 6.92 Å². The van der Waals surface area contributed by atoms with Crippen LogP contribution >= 0.6 is 0 Å². The molecule has 0 rings (SSSR count). The van der Waals surface area contributed by atoms with Crippen LogP contribution in [-0.2, 0) is 19.1 Å². The van der Waals surface area contributed by atoms with Gasteiger partial charge in [0.05, 0.1) is 0 Å². The molecule has 0 aliphatic rings. The molecule has 0 saturated carbocycles. The summed E-state index contributed by atoms with van der Waals surface area (Å²) in [5.74, 6) is -3.06. The molecule has 0 aromatic heterocycles. The zero-order valence-corrected chi connectivity index (χ0v) is 10.1. The molecule has 7 nitrogen and oxygen atoms in total. The van der Waals surface area contributed by atoms with E-state index in [-0.39, 0.29) is 0 Å². The molecule has 7 heteroatoms. The third-order valence-electron chi connectivity index (χ3n) is 1.31. The van der Waals surface area contributed by atoms with E-state index in [0.29, 0.717) is 24.1 Å². The number of esters is 1. The minimum Gasteiger partial charge on any atom is -0.478 e. The molecular weight excluding hydrogens is 244 g/mol. The van der Waals surface area contributed by atoms with Crippen LogP contribution in [0.15, 0.2) is 24.3 Å². The lowest BCUT2D eigenvalue weighted by Crippen LogP contribution is -2.16. The lowest BCUT2D eigenvalue weighted by Gasteiger charge is -2.08. The fourth-order valence-electron chi connectivity index (χ4n) is 0.450. The normalized spacial score (nSPS) is 11.1. The first-order chi connectivity index (χ1) is 8.20. The topological polar surface area (TPSA) is 121 Å². The summed E-state index contributed by atoms with van der Waals surface area (Å²) in [5, 5.41) is 24.4. The monoisotopic (exact) mass is 260 g/mol. The molecule has 18 heavy (non-hydrogen) atoms. The van der Waals surface area contributed by atoms with Gasteiger partial charge in [0, 0.05) is 24.1 Å². The van der Waals surface area contributed by atoms with Crippen molar-refractivity contribution in [2.45, 2.75) is 26.6 Å². The van der Waals surface area contributed by atoms with Gasteiger partial charge in [-0.1, -0.05) is 13.5 Å². The number of carbonyl (C=O) groups is 3. The molecule has 3 N–H and O–H groups in total. The standard InChI is InChI=1S/C7H12O3.C4H4O4/c1-4-6(8)10-7(9)5(2)3;5-3(6)1-2-4(7)8/h6,8H,2,4H2,1,3H3;1-2H,(H,5,6)(H,7,8). The third kappa shape index (κ3) is 13.8. The fraction of sp³-hybridized carbons (Fsp3) is 0.364. The highest BCUT2D eigenvalue weighted by Gasteiger charge is 2.08. The molecule has 0 fully saturated rings. The summed E-state index contributed by atoms with van der Waals surface area (Å²) in [6, 6.07) is 0. The number of carboxylic acids is 2. The van der Waals surface area contributed by atoms with Crippen LogP contribution in [0, 0.1) is 0 Å².